The number of aliphatic hydroxyl groups is 3. The van der Waals surface area contributed by atoms with Crippen molar-refractivity contribution in [1.82, 2.24) is 0 Å². The Balaban J connectivity index is 2.83. The summed E-state index contributed by atoms with van der Waals surface area (Å²) in [7, 11) is 2.88. The van der Waals surface area contributed by atoms with Crippen LogP contribution in [0, 0.1) is 0 Å². The molecule has 1 saturated heterocycles. The van der Waals surface area contributed by atoms with E-state index in [0.717, 1.165) is 0 Å². The summed E-state index contributed by atoms with van der Waals surface area (Å²) >= 11 is 0. The van der Waals surface area contributed by atoms with Gasteiger partial charge in [0.2, 0.25) is 0 Å². The molecule has 0 aromatic heterocycles. The van der Waals surface area contributed by atoms with E-state index in [1.165, 1.54) is 21.6 Å². The van der Waals surface area contributed by atoms with Crippen molar-refractivity contribution in [3.8, 4) is 0 Å². The van der Waals surface area contributed by atoms with Crippen LogP contribution >= 0.6 is 21.6 Å². The zero-order valence-corrected chi connectivity index (χ0v) is 8.78. The maximum absolute atomic E-state index is 9.81. The molecular formula is C7H14O3S2. The Labute approximate surface area is 80.0 Å². The molecule has 1 aliphatic rings. The van der Waals surface area contributed by atoms with Gasteiger partial charge in [-0.05, 0) is 13.8 Å². The highest BCUT2D eigenvalue weighted by molar-refractivity contribution is 8.78. The number of hydrogen-bond acceptors (Lipinski definition) is 5. The average Bonchev–Trinajstić information content (AvgIpc) is 2.27. The van der Waals surface area contributed by atoms with Crippen molar-refractivity contribution in [3.05, 3.63) is 0 Å². The van der Waals surface area contributed by atoms with E-state index in [4.69, 9.17) is 10.2 Å². The van der Waals surface area contributed by atoms with Gasteiger partial charge in [0.05, 0.1) is 24.1 Å². The number of rotatable bonds is 2. The highest BCUT2D eigenvalue weighted by Crippen LogP contribution is 2.56. The van der Waals surface area contributed by atoms with E-state index in [1.54, 1.807) is 0 Å². The lowest BCUT2D eigenvalue weighted by Crippen LogP contribution is -2.49. The molecular weight excluding hydrogens is 196 g/mol. The van der Waals surface area contributed by atoms with Gasteiger partial charge in [-0.1, -0.05) is 21.6 Å². The first-order valence-electron chi connectivity index (χ1n) is 3.75. The predicted octanol–water partition coefficient (Wildman–Crippen LogP) is 0.244. The Morgan fingerprint density at radius 3 is 1.83 bits per heavy atom. The fourth-order valence-corrected chi connectivity index (χ4v) is 4.46. The first-order chi connectivity index (χ1) is 5.48. The second kappa shape index (κ2) is 3.38. The van der Waals surface area contributed by atoms with Crippen LogP contribution in [0.1, 0.15) is 13.8 Å². The first kappa shape index (κ1) is 10.7. The van der Waals surface area contributed by atoms with Crippen LogP contribution in [0.3, 0.4) is 0 Å². The van der Waals surface area contributed by atoms with Gasteiger partial charge in [0, 0.05) is 4.75 Å². The molecule has 0 amide bonds. The van der Waals surface area contributed by atoms with Gasteiger partial charge in [-0.25, -0.2) is 0 Å². The molecule has 1 fully saturated rings. The van der Waals surface area contributed by atoms with Crippen molar-refractivity contribution < 1.29 is 15.3 Å². The SMILES string of the molecule is CC1(C)SSC(CO)(CO)C1O. The van der Waals surface area contributed by atoms with Gasteiger partial charge in [-0.3, -0.25) is 0 Å². The van der Waals surface area contributed by atoms with E-state index in [1.807, 2.05) is 13.8 Å². The third-order valence-electron chi connectivity index (χ3n) is 2.11. The monoisotopic (exact) mass is 210 g/mol. The van der Waals surface area contributed by atoms with Crippen molar-refractivity contribution in [3.63, 3.8) is 0 Å². The molecule has 72 valence electrons. The summed E-state index contributed by atoms with van der Waals surface area (Å²) < 4.78 is -1.08. The highest BCUT2D eigenvalue weighted by Gasteiger charge is 2.53. The van der Waals surface area contributed by atoms with Crippen molar-refractivity contribution in [2.24, 2.45) is 0 Å². The molecule has 3 nitrogen and oxygen atoms in total. The lowest BCUT2D eigenvalue weighted by molar-refractivity contribution is 0.0412. The second-order valence-corrected chi connectivity index (χ2v) is 6.75. The predicted molar refractivity (Wildman–Crippen MR) is 52.2 cm³/mol. The van der Waals surface area contributed by atoms with E-state index in [2.05, 4.69) is 0 Å². The van der Waals surface area contributed by atoms with Crippen LogP contribution in [-0.2, 0) is 0 Å². The summed E-state index contributed by atoms with van der Waals surface area (Å²) in [6.07, 6.45) is -0.671. The lowest BCUT2D eigenvalue weighted by Gasteiger charge is -2.30. The van der Waals surface area contributed by atoms with Gasteiger partial charge in [0.25, 0.3) is 0 Å². The molecule has 0 radical (unpaired) electrons. The molecule has 0 saturated carbocycles. The Kier molecular flexibility index (Phi) is 3.00. The molecule has 1 atom stereocenters. The molecule has 0 aliphatic carbocycles. The van der Waals surface area contributed by atoms with Gasteiger partial charge in [0.15, 0.2) is 0 Å². The third kappa shape index (κ3) is 1.48. The molecule has 1 unspecified atom stereocenters. The maximum atomic E-state index is 9.81. The van der Waals surface area contributed by atoms with Gasteiger partial charge in [-0.2, -0.15) is 0 Å². The van der Waals surface area contributed by atoms with Gasteiger partial charge >= 0.3 is 0 Å². The van der Waals surface area contributed by atoms with Crippen molar-refractivity contribution in [1.29, 1.82) is 0 Å². The summed E-state index contributed by atoms with van der Waals surface area (Å²) in [6, 6.07) is 0. The quantitative estimate of drug-likeness (QED) is 0.570. The van der Waals surface area contributed by atoms with Crippen LogP contribution in [0.5, 0.6) is 0 Å². The van der Waals surface area contributed by atoms with E-state index in [9.17, 15) is 5.11 Å². The summed E-state index contributed by atoms with van der Waals surface area (Å²) in [5.41, 5.74) is 0. The van der Waals surface area contributed by atoms with Gasteiger partial charge in [-0.15, -0.1) is 0 Å². The summed E-state index contributed by atoms with van der Waals surface area (Å²) in [4.78, 5) is 0. The van der Waals surface area contributed by atoms with Crippen molar-refractivity contribution in [2.45, 2.75) is 29.4 Å². The maximum Gasteiger partial charge on any atom is 0.0995 e. The molecule has 1 aliphatic heterocycles. The summed E-state index contributed by atoms with van der Waals surface area (Å²) in [5, 5.41) is 27.9. The molecule has 1 rings (SSSR count). The molecule has 3 N–H and O–H groups in total. The smallest absolute Gasteiger partial charge is 0.0995 e. The van der Waals surface area contributed by atoms with Crippen LogP contribution in [0.25, 0.3) is 0 Å². The lowest BCUT2D eigenvalue weighted by atomic mass is 9.93. The van der Waals surface area contributed by atoms with E-state index >= 15 is 0 Å². The Bertz CT molecular complexity index is 168. The topological polar surface area (TPSA) is 60.7 Å². The van der Waals surface area contributed by atoms with Crippen LogP contribution in [-0.4, -0.2) is 44.1 Å². The zero-order chi connectivity index (χ0) is 9.41. The largest absolute Gasteiger partial charge is 0.395 e. The Morgan fingerprint density at radius 2 is 1.67 bits per heavy atom. The number of aliphatic hydroxyl groups excluding tert-OH is 3. The van der Waals surface area contributed by atoms with Crippen molar-refractivity contribution in [2.75, 3.05) is 13.2 Å². The number of hydrogen-bond donors (Lipinski definition) is 3. The molecule has 1 heterocycles. The molecule has 0 spiro atoms. The molecule has 0 aromatic carbocycles. The first-order valence-corrected chi connectivity index (χ1v) is 5.90. The average molecular weight is 210 g/mol. The van der Waals surface area contributed by atoms with Gasteiger partial charge < -0.3 is 15.3 Å². The molecule has 0 aromatic rings. The zero-order valence-electron chi connectivity index (χ0n) is 7.15. The molecule has 5 heteroatoms. The summed E-state index contributed by atoms with van der Waals surface area (Å²) in [5.74, 6) is 0. The highest BCUT2D eigenvalue weighted by atomic mass is 33.1. The Morgan fingerprint density at radius 1 is 1.17 bits per heavy atom. The minimum Gasteiger partial charge on any atom is -0.395 e. The normalized spacial score (nSPS) is 32.2. The Hall–Kier alpha value is 0.580. The minimum absolute atomic E-state index is 0.189. The fourth-order valence-electron chi connectivity index (χ4n) is 1.19. The standard InChI is InChI=1S/C7H14O3S2/c1-6(2)5(10)7(3-8,4-9)12-11-6/h5,8-10H,3-4H2,1-2H3. The summed E-state index contributed by atoms with van der Waals surface area (Å²) in [6.45, 7) is 3.43. The minimum atomic E-state index is -0.784. The van der Waals surface area contributed by atoms with Crippen LogP contribution in [0.15, 0.2) is 0 Å². The van der Waals surface area contributed by atoms with Gasteiger partial charge in [0.1, 0.15) is 0 Å². The van der Waals surface area contributed by atoms with Crippen LogP contribution in [0.2, 0.25) is 0 Å². The van der Waals surface area contributed by atoms with E-state index in [0.29, 0.717) is 0 Å². The fraction of sp³-hybridized carbons (Fsp3) is 1.00. The van der Waals surface area contributed by atoms with Crippen LogP contribution in [0.4, 0.5) is 0 Å². The third-order valence-corrected chi connectivity index (χ3v) is 6.20. The van der Waals surface area contributed by atoms with E-state index < -0.39 is 10.9 Å². The van der Waals surface area contributed by atoms with E-state index in [-0.39, 0.29) is 18.0 Å². The second-order valence-electron chi connectivity index (χ2n) is 3.55. The van der Waals surface area contributed by atoms with Crippen LogP contribution < -0.4 is 0 Å². The van der Waals surface area contributed by atoms with Crippen molar-refractivity contribution >= 4 is 21.6 Å². The molecule has 0 bridgehead atoms. The molecule has 12 heavy (non-hydrogen) atoms.